The molecule has 28 heavy (non-hydrogen) atoms. The summed E-state index contributed by atoms with van der Waals surface area (Å²) in [5, 5.41) is 0. The molecule has 1 amide bonds. The Morgan fingerprint density at radius 2 is 1.82 bits per heavy atom. The second-order valence-electron chi connectivity index (χ2n) is 7.90. The van der Waals surface area contributed by atoms with Crippen LogP contribution in [0.15, 0.2) is 41.3 Å². The lowest BCUT2D eigenvalue weighted by atomic mass is 9.99. The summed E-state index contributed by atoms with van der Waals surface area (Å²) in [5.41, 5.74) is 3.50. The Morgan fingerprint density at radius 1 is 1.07 bits per heavy atom. The Kier molecular flexibility index (Phi) is 5.79. The molecule has 0 bridgehead atoms. The van der Waals surface area contributed by atoms with Gasteiger partial charge in [0.2, 0.25) is 0 Å². The molecule has 1 heterocycles. The molecule has 0 radical (unpaired) electrons. The number of anilines is 1. The van der Waals surface area contributed by atoms with Gasteiger partial charge in [0, 0.05) is 18.7 Å². The predicted octanol–water partition coefficient (Wildman–Crippen LogP) is 4.28. The molecule has 1 aliphatic rings. The largest absolute Gasteiger partial charge is 0.338 e. The number of carbonyl (C=O) groups excluding carboxylic acids is 1. The number of aryl methyl sites for hydroxylation is 3. The summed E-state index contributed by atoms with van der Waals surface area (Å²) in [6.45, 7) is 9.16. The fourth-order valence-electron chi connectivity index (χ4n) is 3.71. The molecule has 150 valence electrons. The van der Waals surface area contributed by atoms with Gasteiger partial charge in [0.15, 0.2) is 0 Å². The van der Waals surface area contributed by atoms with Crippen molar-refractivity contribution >= 4 is 21.6 Å². The minimum Gasteiger partial charge on any atom is -0.338 e. The van der Waals surface area contributed by atoms with Crippen LogP contribution in [-0.4, -0.2) is 32.3 Å². The van der Waals surface area contributed by atoms with Gasteiger partial charge in [0.05, 0.1) is 10.6 Å². The highest BCUT2D eigenvalue weighted by molar-refractivity contribution is 7.92. The topological polar surface area (TPSA) is 66.5 Å². The Morgan fingerprint density at radius 3 is 2.50 bits per heavy atom. The van der Waals surface area contributed by atoms with Crippen molar-refractivity contribution in [2.45, 2.75) is 45.4 Å². The summed E-state index contributed by atoms with van der Waals surface area (Å²) >= 11 is 0. The lowest BCUT2D eigenvalue weighted by Crippen LogP contribution is -2.39. The molecule has 1 N–H and O–H groups in total. The van der Waals surface area contributed by atoms with Crippen LogP contribution in [0.1, 0.15) is 46.8 Å². The van der Waals surface area contributed by atoms with E-state index in [4.69, 9.17) is 0 Å². The molecule has 0 spiro atoms. The molecule has 1 saturated heterocycles. The average Bonchev–Trinajstić information content (AvgIpc) is 2.63. The molecule has 6 heteroatoms. The summed E-state index contributed by atoms with van der Waals surface area (Å²) in [5.74, 6) is 0.368. The highest BCUT2D eigenvalue weighted by Crippen LogP contribution is 2.25. The predicted molar refractivity (Wildman–Crippen MR) is 112 cm³/mol. The van der Waals surface area contributed by atoms with Gasteiger partial charge in [-0.25, -0.2) is 8.42 Å². The number of hydrogen-bond acceptors (Lipinski definition) is 3. The quantitative estimate of drug-likeness (QED) is 0.833. The smallest absolute Gasteiger partial charge is 0.262 e. The molecular weight excluding hydrogens is 372 g/mol. The summed E-state index contributed by atoms with van der Waals surface area (Å²) in [6.07, 6.45) is 2.11. The number of hydrogen-bond donors (Lipinski definition) is 1. The first-order valence-electron chi connectivity index (χ1n) is 9.67. The van der Waals surface area contributed by atoms with Gasteiger partial charge in [-0.2, -0.15) is 0 Å². The maximum Gasteiger partial charge on any atom is 0.262 e. The van der Waals surface area contributed by atoms with Crippen LogP contribution in [0.2, 0.25) is 0 Å². The van der Waals surface area contributed by atoms with E-state index in [0.717, 1.165) is 37.1 Å². The normalized spacial score (nSPS) is 17.4. The Bertz CT molecular complexity index is 999. The number of nitrogens with zero attached hydrogens (tertiary/aromatic N) is 1. The highest BCUT2D eigenvalue weighted by atomic mass is 32.2. The molecule has 5 nitrogen and oxygen atoms in total. The van der Waals surface area contributed by atoms with Crippen LogP contribution in [-0.2, 0) is 10.0 Å². The Labute approximate surface area is 167 Å². The fourth-order valence-corrected chi connectivity index (χ4v) is 5.11. The SMILES string of the molecule is Cc1ccc(NS(=O)(=O)c2cc(C(=O)N3CCCC(C)C3)ccc2C)c(C)c1. The number of piperidine rings is 1. The van der Waals surface area contributed by atoms with Crippen molar-refractivity contribution in [1.29, 1.82) is 0 Å². The van der Waals surface area contributed by atoms with Gasteiger partial charge in [-0.15, -0.1) is 0 Å². The third-order valence-electron chi connectivity index (χ3n) is 5.30. The van der Waals surface area contributed by atoms with Crippen molar-refractivity contribution < 1.29 is 13.2 Å². The van der Waals surface area contributed by atoms with Gasteiger partial charge < -0.3 is 4.90 Å². The average molecular weight is 401 g/mol. The van der Waals surface area contributed by atoms with Crippen LogP contribution in [0.5, 0.6) is 0 Å². The van der Waals surface area contributed by atoms with Crippen LogP contribution < -0.4 is 4.72 Å². The van der Waals surface area contributed by atoms with Crippen LogP contribution in [0.3, 0.4) is 0 Å². The van der Waals surface area contributed by atoms with E-state index in [1.165, 1.54) is 6.07 Å². The monoisotopic (exact) mass is 400 g/mol. The first-order valence-corrected chi connectivity index (χ1v) is 11.2. The molecule has 0 aromatic heterocycles. The Hall–Kier alpha value is -2.34. The molecular formula is C22H28N2O3S. The van der Waals surface area contributed by atoms with Crippen molar-refractivity contribution in [2.24, 2.45) is 5.92 Å². The van der Waals surface area contributed by atoms with Crippen molar-refractivity contribution in [2.75, 3.05) is 17.8 Å². The van der Waals surface area contributed by atoms with Gasteiger partial charge in [-0.1, -0.05) is 30.7 Å². The van der Waals surface area contributed by atoms with E-state index in [0.29, 0.717) is 22.7 Å². The maximum atomic E-state index is 13.0. The zero-order valence-electron chi connectivity index (χ0n) is 17.0. The number of sulfonamides is 1. The minimum atomic E-state index is -3.80. The van der Waals surface area contributed by atoms with E-state index in [-0.39, 0.29) is 10.8 Å². The lowest BCUT2D eigenvalue weighted by molar-refractivity contribution is 0.0683. The van der Waals surface area contributed by atoms with Gasteiger partial charge in [-0.3, -0.25) is 9.52 Å². The van der Waals surface area contributed by atoms with Crippen LogP contribution >= 0.6 is 0 Å². The summed E-state index contributed by atoms with van der Waals surface area (Å²) in [6, 6.07) is 10.5. The number of amides is 1. The molecule has 2 aromatic carbocycles. The molecule has 2 aromatic rings. The van der Waals surface area contributed by atoms with Crippen molar-refractivity contribution in [3.63, 3.8) is 0 Å². The first kappa shape index (κ1) is 20.4. The standard InChI is InChI=1S/C22H28N2O3S/c1-15-7-10-20(18(4)12-15)23-28(26,27)21-13-19(9-8-17(21)3)22(25)24-11-5-6-16(2)14-24/h7-10,12-13,16,23H,5-6,11,14H2,1-4H3. The van der Waals surface area contributed by atoms with Gasteiger partial charge >= 0.3 is 0 Å². The van der Waals surface area contributed by atoms with E-state index >= 15 is 0 Å². The van der Waals surface area contributed by atoms with Gasteiger partial charge in [-0.05, 0) is 68.9 Å². The minimum absolute atomic E-state index is 0.102. The third kappa shape index (κ3) is 4.38. The zero-order chi connectivity index (χ0) is 20.5. The van der Waals surface area contributed by atoms with E-state index in [1.807, 2.05) is 30.9 Å². The van der Waals surface area contributed by atoms with Crippen LogP contribution in [0, 0.1) is 26.7 Å². The zero-order valence-corrected chi connectivity index (χ0v) is 17.8. The summed E-state index contributed by atoms with van der Waals surface area (Å²) in [4.78, 5) is 14.9. The van der Waals surface area contributed by atoms with Crippen molar-refractivity contribution in [1.82, 2.24) is 4.90 Å². The van der Waals surface area contributed by atoms with E-state index < -0.39 is 10.0 Å². The van der Waals surface area contributed by atoms with Gasteiger partial charge in [0.1, 0.15) is 0 Å². The number of nitrogens with one attached hydrogen (secondary N) is 1. The van der Waals surface area contributed by atoms with Crippen LogP contribution in [0.4, 0.5) is 5.69 Å². The van der Waals surface area contributed by atoms with Crippen molar-refractivity contribution in [3.05, 3.63) is 58.7 Å². The fraction of sp³-hybridized carbons (Fsp3) is 0.409. The maximum absolute atomic E-state index is 13.0. The number of likely N-dealkylation sites (tertiary alicyclic amines) is 1. The molecule has 0 saturated carbocycles. The third-order valence-corrected chi connectivity index (χ3v) is 6.80. The first-order chi connectivity index (χ1) is 13.2. The number of benzene rings is 2. The second kappa shape index (κ2) is 7.95. The lowest BCUT2D eigenvalue weighted by Gasteiger charge is -2.31. The highest BCUT2D eigenvalue weighted by Gasteiger charge is 2.25. The molecule has 1 fully saturated rings. The number of carbonyl (C=O) groups is 1. The van der Waals surface area contributed by atoms with E-state index in [2.05, 4.69) is 11.6 Å². The Balaban J connectivity index is 1.90. The van der Waals surface area contributed by atoms with Gasteiger partial charge in [0.25, 0.3) is 15.9 Å². The van der Waals surface area contributed by atoms with E-state index in [9.17, 15) is 13.2 Å². The van der Waals surface area contributed by atoms with Crippen molar-refractivity contribution in [3.8, 4) is 0 Å². The van der Waals surface area contributed by atoms with E-state index in [1.54, 1.807) is 25.1 Å². The molecule has 3 rings (SSSR count). The molecule has 1 unspecified atom stereocenters. The summed E-state index contributed by atoms with van der Waals surface area (Å²) < 4.78 is 28.7. The molecule has 1 aliphatic heterocycles. The number of rotatable bonds is 4. The molecule has 0 aliphatic carbocycles. The summed E-state index contributed by atoms with van der Waals surface area (Å²) in [7, 11) is -3.80. The van der Waals surface area contributed by atoms with Crippen LogP contribution in [0.25, 0.3) is 0 Å². The second-order valence-corrected chi connectivity index (χ2v) is 9.55. The molecule has 1 atom stereocenters.